The largest absolute Gasteiger partial charge is 0.385 e. The third-order valence-corrected chi connectivity index (χ3v) is 2.56. The first-order chi connectivity index (χ1) is 8.41. The fourth-order valence-corrected chi connectivity index (χ4v) is 1.56. The highest BCUT2D eigenvalue weighted by Crippen LogP contribution is 1.99. The van der Waals surface area contributed by atoms with Crippen molar-refractivity contribution in [1.82, 2.24) is 0 Å². The van der Waals surface area contributed by atoms with Crippen LogP contribution in [0.1, 0.15) is 51.9 Å². The van der Waals surface area contributed by atoms with Crippen molar-refractivity contribution >= 4 is 0 Å². The molecular weight excluding hydrogens is 216 g/mol. The van der Waals surface area contributed by atoms with Gasteiger partial charge in [0.15, 0.2) is 0 Å². The van der Waals surface area contributed by atoms with Gasteiger partial charge in [-0.1, -0.05) is 6.92 Å². The quantitative estimate of drug-likeness (QED) is 0.440. The highest BCUT2D eigenvalue weighted by atomic mass is 16.5. The molecule has 0 radical (unpaired) electrons. The van der Waals surface area contributed by atoms with Crippen LogP contribution >= 0.6 is 0 Å². The van der Waals surface area contributed by atoms with E-state index in [-0.39, 0.29) is 0 Å². The second-order valence-corrected chi connectivity index (χ2v) is 4.34. The number of ether oxygens (including phenoxy) is 3. The Labute approximate surface area is 107 Å². The lowest BCUT2D eigenvalue weighted by atomic mass is 10.2. The number of methoxy groups -OCH3 is 1. The highest BCUT2D eigenvalue weighted by Gasteiger charge is 1.92. The van der Waals surface area contributed by atoms with E-state index in [1.165, 1.54) is 12.8 Å². The predicted molar refractivity (Wildman–Crippen MR) is 71.5 cm³/mol. The Hall–Kier alpha value is -0.120. The van der Waals surface area contributed by atoms with E-state index < -0.39 is 0 Å². The maximum atomic E-state index is 5.56. The van der Waals surface area contributed by atoms with Crippen molar-refractivity contribution in [2.45, 2.75) is 51.9 Å². The van der Waals surface area contributed by atoms with Crippen LogP contribution in [0.2, 0.25) is 0 Å². The van der Waals surface area contributed by atoms with E-state index in [0.717, 1.165) is 65.1 Å². The van der Waals surface area contributed by atoms with E-state index in [0.29, 0.717) is 0 Å². The highest BCUT2D eigenvalue weighted by molar-refractivity contribution is 4.43. The minimum absolute atomic E-state index is 0.873. The lowest BCUT2D eigenvalue weighted by Gasteiger charge is -2.05. The molecule has 0 atom stereocenters. The molecule has 0 aromatic carbocycles. The average Bonchev–Trinajstić information content (AvgIpc) is 2.35. The van der Waals surface area contributed by atoms with Crippen LogP contribution in [0.3, 0.4) is 0 Å². The minimum atomic E-state index is 0.873. The Bertz CT molecular complexity index is 115. The molecule has 3 nitrogen and oxygen atoms in total. The van der Waals surface area contributed by atoms with Crippen molar-refractivity contribution in [1.29, 1.82) is 0 Å². The van der Waals surface area contributed by atoms with Crippen LogP contribution < -0.4 is 0 Å². The first-order valence-corrected chi connectivity index (χ1v) is 7.06. The van der Waals surface area contributed by atoms with Gasteiger partial charge in [0.05, 0.1) is 0 Å². The monoisotopic (exact) mass is 246 g/mol. The number of hydrogen-bond donors (Lipinski definition) is 0. The molecule has 0 fully saturated rings. The van der Waals surface area contributed by atoms with Crippen LogP contribution in [-0.4, -0.2) is 40.1 Å². The van der Waals surface area contributed by atoms with Crippen molar-refractivity contribution in [3.05, 3.63) is 0 Å². The zero-order valence-electron chi connectivity index (χ0n) is 11.7. The summed E-state index contributed by atoms with van der Waals surface area (Å²) in [6.45, 7) is 6.62. The van der Waals surface area contributed by atoms with Crippen molar-refractivity contribution in [3.63, 3.8) is 0 Å². The van der Waals surface area contributed by atoms with Gasteiger partial charge in [0.1, 0.15) is 0 Å². The summed E-state index contributed by atoms with van der Waals surface area (Å²) in [4.78, 5) is 0. The molecule has 17 heavy (non-hydrogen) atoms. The van der Waals surface area contributed by atoms with Crippen LogP contribution in [0.5, 0.6) is 0 Å². The molecule has 0 heterocycles. The van der Waals surface area contributed by atoms with Crippen LogP contribution in [0, 0.1) is 0 Å². The first kappa shape index (κ1) is 16.9. The second-order valence-electron chi connectivity index (χ2n) is 4.34. The normalized spacial score (nSPS) is 10.9. The molecule has 0 aromatic rings. The fraction of sp³-hybridized carbons (Fsp3) is 1.00. The molecule has 0 aliphatic heterocycles. The molecule has 3 heteroatoms. The predicted octanol–water partition coefficient (Wildman–Crippen LogP) is 3.42. The smallest absolute Gasteiger partial charge is 0.0466 e. The Kier molecular flexibility index (Phi) is 15.8. The van der Waals surface area contributed by atoms with Crippen molar-refractivity contribution in [2.75, 3.05) is 40.1 Å². The molecule has 0 bridgehead atoms. The maximum absolute atomic E-state index is 5.56. The maximum Gasteiger partial charge on any atom is 0.0466 e. The average molecular weight is 246 g/mol. The van der Waals surface area contributed by atoms with Crippen molar-refractivity contribution < 1.29 is 14.2 Å². The van der Waals surface area contributed by atoms with E-state index in [4.69, 9.17) is 14.2 Å². The molecular formula is C14H30O3. The Morgan fingerprint density at radius 1 is 0.588 bits per heavy atom. The van der Waals surface area contributed by atoms with E-state index in [9.17, 15) is 0 Å². The summed E-state index contributed by atoms with van der Waals surface area (Å²) in [5, 5.41) is 0. The first-order valence-electron chi connectivity index (χ1n) is 7.06. The molecule has 0 aromatic heterocycles. The van der Waals surface area contributed by atoms with Gasteiger partial charge in [-0.3, -0.25) is 0 Å². The van der Waals surface area contributed by atoms with Crippen LogP contribution in [0.15, 0.2) is 0 Å². The van der Waals surface area contributed by atoms with Gasteiger partial charge in [0.2, 0.25) is 0 Å². The molecule has 0 unspecified atom stereocenters. The Balaban J connectivity index is 2.85. The van der Waals surface area contributed by atoms with E-state index in [2.05, 4.69) is 6.92 Å². The summed E-state index contributed by atoms with van der Waals surface area (Å²) in [5.41, 5.74) is 0. The molecule has 0 aliphatic carbocycles. The molecule has 0 spiro atoms. The van der Waals surface area contributed by atoms with Gasteiger partial charge in [-0.05, 0) is 44.9 Å². The Morgan fingerprint density at radius 3 is 1.53 bits per heavy atom. The second kappa shape index (κ2) is 15.9. The molecule has 104 valence electrons. The van der Waals surface area contributed by atoms with Gasteiger partial charge in [0.25, 0.3) is 0 Å². The molecule has 0 amide bonds. The van der Waals surface area contributed by atoms with Crippen LogP contribution in [-0.2, 0) is 14.2 Å². The molecule has 0 N–H and O–H groups in total. The van der Waals surface area contributed by atoms with Gasteiger partial charge < -0.3 is 14.2 Å². The van der Waals surface area contributed by atoms with Crippen molar-refractivity contribution in [3.8, 4) is 0 Å². The van der Waals surface area contributed by atoms with Crippen molar-refractivity contribution in [2.24, 2.45) is 0 Å². The zero-order valence-corrected chi connectivity index (χ0v) is 11.7. The van der Waals surface area contributed by atoms with E-state index in [1.807, 2.05) is 0 Å². The molecule has 0 saturated carbocycles. The summed E-state index contributed by atoms with van der Waals surface area (Å²) in [6.07, 6.45) is 8.17. The number of hydrogen-bond acceptors (Lipinski definition) is 3. The SMILES string of the molecule is CCCOCCCCCOCCCCCOC. The van der Waals surface area contributed by atoms with E-state index >= 15 is 0 Å². The third-order valence-electron chi connectivity index (χ3n) is 2.56. The van der Waals surface area contributed by atoms with Gasteiger partial charge in [-0.15, -0.1) is 0 Å². The van der Waals surface area contributed by atoms with Gasteiger partial charge in [0, 0.05) is 40.1 Å². The molecule has 0 saturated heterocycles. The standard InChI is InChI=1S/C14H30O3/c1-3-10-16-12-8-5-9-14-17-13-7-4-6-11-15-2/h3-14H2,1-2H3. The summed E-state index contributed by atoms with van der Waals surface area (Å²) >= 11 is 0. The van der Waals surface area contributed by atoms with Crippen LogP contribution in [0.25, 0.3) is 0 Å². The third kappa shape index (κ3) is 15.9. The lowest BCUT2D eigenvalue weighted by molar-refractivity contribution is 0.111. The van der Waals surface area contributed by atoms with Gasteiger partial charge >= 0.3 is 0 Å². The van der Waals surface area contributed by atoms with Crippen LogP contribution in [0.4, 0.5) is 0 Å². The van der Waals surface area contributed by atoms with Gasteiger partial charge in [-0.25, -0.2) is 0 Å². The minimum Gasteiger partial charge on any atom is -0.385 e. The van der Waals surface area contributed by atoms with Gasteiger partial charge in [-0.2, -0.15) is 0 Å². The summed E-state index contributed by atoms with van der Waals surface area (Å²) < 4.78 is 16.0. The number of rotatable bonds is 14. The topological polar surface area (TPSA) is 27.7 Å². The molecule has 0 rings (SSSR count). The summed E-state index contributed by atoms with van der Waals surface area (Å²) in [7, 11) is 1.75. The molecule has 0 aliphatic rings. The van der Waals surface area contributed by atoms with E-state index in [1.54, 1.807) is 7.11 Å². The summed E-state index contributed by atoms with van der Waals surface area (Å²) in [5.74, 6) is 0. The summed E-state index contributed by atoms with van der Waals surface area (Å²) in [6, 6.07) is 0. The fourth-order valence-electron chi connectivity index (χ4n) is 1.56. The Morgan fingerprint density at radius 2 is 1.06 bits per heavy atom. The number of unbranched alkanes of at least 4 members (excludes halogenated alkanes) is 4. The lowest BCUT2D eigenvalue weighted by Crippen LogP contribution is -2.00. The zero-order chi connectivity index (χ0) is 12.6.